The first-order chi connectivity index (χ1) is 13.4. The Labute approximate surface area is 161 Å². The van der Waals surface area contributed by atoms with E-state index >= 15 is 0 Å². The summed E-state index contributed by atoms with van der Waals surface area (Å²) in [6.07, 6.45) is 1.61. The molecular formula is C19H23N5O4. The lowest BCUT2D eigenvalue weighted by molar-refractivity contribution is 0.185. The van der Waals surface area contributed by atoms with E-state index in [2.05, 4.69) is 20.8 Å². The molecule has 0 fully saturated rings. The zero-order valence-electron chi connectivity index (χ0n) is 16.3. The molecular weight excluding hydrogens is 362 g/mol. The van der Waals surface area contributed by atoms with Crippen molar-refractivity contribution in [3.05, 3.63) is 51.9 Å². The highest BCUT2D eigenvalue weighted by molar-refractivity contribution is 5.94. The van der Waals surface area contributed by atoms with Gasteiger partial charge in [0.05, 0.1) is 12.6 Å². The van der Waals surface area contributed by atoms with Crippen LogP contribution in [0.1, 0.15) is 29.9 Å². The molecule has 2 heterocycles. The highest BCUT2D eigenvalue weighted by Crippen LogP contribution is 2.25. The van der Waals surface area contributed by atoms with Gasteiger partial charge in [-0.2, -0.15) is 0 Å². The maximum Gasteiger partial charge on any atom is 0.336 e. The van der Waals surface area contributed by atoms with Crippen molar-refractivity contribution < 1.29 is 13.9 Å². The molecule has 2 N–H and O–H groups in total. The number of hydrogen-bond donors (Lipinski definition) is 2. The minimum Gasteiger partial charge on any atom is -0.423 e. The molecule has 28 heavy (non-hydrogen) atoms. The third kappa shape index (κ3) is 4.20. The molecule has 1 aromatic carbocycles. The van der Waals surface area contributed by atoms with E-state index in [1.165, 1.54) is 6.07 Å². The fraction of sp³-hybridized carbons (Fsp3) is 0.368. The van der Waals surface area contributed by atoms with Crippen LogP contribution in [0.15, 0.2) is 33.7 Å². The number of hydrogen-bond acceptors (Lipinski definition) is 6. The number of nitrogens with one attached hydrogen (secondary N) is 2. The Morgan fingerprint density at radius 3 is 2.82 bits per heavy atom. The van der Waals surface area contributed by atoms with E-state index in [-0.39, 0.29) is 12.1 Å². The second kappa shape index (κ2) is 8.22. The van der Waals surface area contributed by atoms with Crippen LogP contribution in [0.3, 0.4) is 0 Å². The van der Waals surface area contributed by atoms with Gasteiger partial charge in [0.25, 0.3) is 0 Å². The lowest BCUT2D eigenvalue weighted by atomic mass is 10.1. The average Bonchev–Trinajstić information content (AvgIpc) is 3.09. The summed E-state index contributed by atoms with van der Waals surface area (Å²) in [6, 6.07) is 4.25. The van der Waals surface area contributed by atoms with Gasteiger partial charge in [0.1, 0.15) is 11.9 Å². The molecule has 148 valence electrons. The molecule has 0 bridgehead atoms. The van der Waals surface area contributed by atoms with Gasteiger partial charge in [0.15, 0.2) is 5.82 Å². The molecule has 3 rings (SSSR count). The highest BCUT2D eigenvalue weighted by Gasteiger charge is 2.16. The molecule has 0 aliphatic heterocycles. The Morgan fingerprint density at radius 1 is 1.29 bits per heavy atom. The number of nitrogens with zero attached hydrogens (tertiary/aromatic N) is 3. The van der Waals surface area contributed by atoms with Gasteiger partial charge in [-0.25, -0.2) is 9.59 Å². The summed E-state index contributed by atoms with van der Waals surface area (Å²) in [5.41, 5.74) is 2.30. The number of benzene rings is 1. The van der Waals surface area contributed by atoms with Gasteiger partial charge in [-0.3, -0.25) is 0 Å². The first-order valence-electron chi connectivity index (χ1n) is 8.88. The number of carbonyl (C=O) groups is 1. The summed E-state index contributed by atoms with van der Waals surface area (Å²) >= 11 is 0. The number of amides is 2. The monoisotopic (exact) mass is 385 g/mol. The Balaban J connectivity index is 1.75. The summed E-state index contributed by atoms with van der Waals surface area (Å²) < 4.78 is 12.1. The Kier molecular flexibility index (Phi) is 5.74. The molecule has 3 aromatic rings. The highest BCUT2D eigenvalue weighted by atomic mass is 16.5. The Hall–Kier alpha value is -3.20. The van der Waals surface area contributed by atoms with Crippen molar-refractivity contribution in [3.8, 4) is 0 Å². The van der Waals surface area contributed by atoms with Crippen LogP contribution in [-0.2, 0) is 11.3 Å². The number of carbonyl (C=O) groups excluding carboxylic acids is 1. The Morgan fingerprint density at radius 2 is 2.07 bits per heavy atom. The lowest BCUT2D eigenvalue weighted by Gasteiger charge is -2.16. The standard InChI is InChI=1S/C19H23N5O4/c1-11-8-17(25)28-16-7-12(2)15(9-14(11)16)22-19(26)21-13(3)18-23-20-10-24(18)5-6-27-4/h7-10,13H,5-6H2,1-4H3,(H2,21,22,26)/t13-/m0/s1. The van der Waals surface area contributed by atoms with E-state index in [4.69, 9.17) is 9.15 Å². The molecule has 0 unspecified atom stereocenters. The first-order valence-corrected chi connectivity index (χ1v) is 8.88. The van der Waals surface area contributed by atoms with Crippen LogP contribution in [0.2, 0.25) is 0 Å². The second-order valence-corrected chi connectivity index (χ2v) is 6.61. The topological polar surface area (TPSA) is 111 Å². The molecule has 1 atom stereocenters. The van der Waals surface area contributed by atoms with Crippen LogP contribution in [0, 0.1) is 13.8 Å². The molecule has 9 heteroatoms. The SMILES string of the molecule is COCCn1cnnc1[C@H](C)NC(=O)Nc1cc2c(C)cc(=O)oc2cc1C. The number of rotatable bonds is 6. The molecule has 0 aliphatic rings. The van der Waals surface area contributed by atoms with E-state index in [0.717, 1.165) is 16.5 Å². The van der Waals surface area contributed by atoms with Crippen molar-refractivity contribution in [1.82, 2.24) is 20.1 Å². The van der Waals surface area contributed by atoms with Crippen molar-refractivity contribution in [3.63, 3.8) is 0 Å². The first kappa shape index (κ1) is 19.6. The lowest BCUT2D eigenvalue weighted by Crippen LogP contribution is -2.33. The normalized spacial score (nSPS) is 12.1. The molecule has 2 amide bonds. The third-order valence-corrected chi connectivity index (χ3v) is 4.46. The van der Waals surface area contributed by atoms with Crippen molar-refractivity contribution in [2.45, 2.75) is 33.4 Å². The van der Waals surface area contributed by atoms with Gasteiger partial charge in [0.2, 0.25) is 0 Å². The van der Waals surface area contributed by atoms with Gasteiger partial charge < -0.3 is 24.4 Å². The molecule has 0 radical (unpaired) electrons. The number of anilines is 1. The van der Waals surface area contributed by atoms with E-state index < -0.39 is 5.63 Å². The number of urea groups is 1. The molecule has 0 aliphatic carbocycles. The largest absolute Gasteiger partial charge is 0.423 e. The molecule has 9 nitrogen and oxygen atoms in total. The minimum absolute atomic E-state index is 0.347. The maximum atomic E-state index is 12.5. The van der Waals surface area contributed by atoms with Gasteiger partial charge in [-0.05, 0) is 44.0 Å². The average molecular weight is 385 g/mol. The smallest absolute Gasteiger partial charge is 0.336 e. The fourth-order valence-electron chi connectivity index (χ4n) is 2.98. The summed E-state index contributed by atoms with van der Waals surface area (Å²) in [7, 11) is 1.62. The predicted molar refractivity (Wildman–Crippen MR) is 104 cm³/mol. The van der Waals surface area contributed by atoms with Gasteiger partial charge in [-0.15, -0.1) is 10.2 Å². The van der Waals surface area contributed by atoms with E-state index in [9.17, 15) is 9.59 Å². The number of ether oxygens (including phenoxy) is 1. The number of aryl methyl sites for hydroxylation is 2. The van der Waals surface area contributed by atoms with Crippen molar-refractivity contribution in [2.75, 3.05) is 19.0 Å². The second-order valence-electron chi connectivity index (χ2n) is 6.61. The summed E-state index contributed by atoms with van der Waals surface area (Å²) in [4.78, 5) is 24.0. The molecule has 0 saturated heterocycles. The van der Waals surface area contributed by atoms with E-state index in [1.807, 2.05) is 25.3 Å². The van der Waals surface area contributed by atoms with Crippen LogP contribution in [0.4, 0.5) is 10.5 Å². The number of aromatic nitrogens is 3. The summed E-state index contributed by atoms with van der Waals surface area (Å²) in [5.74, 6) is 0.639. The van der Waals surface area contributed by atoms with Crippen molar-refractivity contribution >= 4 is 22.7 Å². The fourth-order valence-corrected chi connectivity index (χ4v) is 2.98. The minimum atomic E-state index is -0.394. The molecule has 2 aromatic heterocycles. The van der Waals surface area contributed by atoms with Crippen LogP contribution in [0.25, 0.3) is 11.0 Å². The molecule has 0 spiro atoms. The summed E-state index contributed by atoms with van der Waals surface area (Å²) in [5, 5.41) is 14.5. The van der Waals surface area contributed by atoms with Gasteiger partial charge in [-0.1, -0.05) is 0 Å². The van der Waals surface area contributed by atoms with Crippen LogP contribution in [-0.4, -0.2) is 34.5 Å². The maximum absolute atomic E-state index is 12.5. The number of methoxy groups -OCH3 is 1. The third-order valence-electron chi connectivity index (χ3n) is 4.46. The van der Waals surface area contributed by atoms with Crippen LogP contribution < -0.4 is 16.3 Å². The van der Waals surface area contributed by atoms with Crippen LogP contribution in [0.5, 0.6) is 0 Å². The molecule has 0 saturated carbocycles. The van der Waals surface area contributed by atoms with E-state index in [1.54, 1.807) is 25.6 Å². The van der Waals surface area contributed by atoms with Crippen LogP contribution >= 0.6 is 0 Å². The van der Waals surface area contributed by atoms with Gasteiger partial charge >= 0.3 is 11.7 Å². The van der Waals surface area contributed by atoms with Crippen molar-refractivity contribution in [2.24, 2.45) is 0 Å². The quantitative estimate of drug-likeness (QED) is 0.631. The van der Waals surface area contributed by atoms with Gasteiger partial charge in [0, 0.05) is 30.8 Å². The predicted octanol–water partition coefficient (Wildman–Crippen LogP) is 2.53. The zero-order chi connectivity index (χ0) is 20.3. The zero-order valence-corrected chi connectivity index (χ0v) is 16.3. The number of fused-ring (bicyclic) bond motifs is 1. The van der Waals surface area contributed by atoms with E-state index in [0.29, 0.717) is 30.2 Å². The van der Waals surface area contributed by atoms with Crippen molar-refractivity contribution in [1.29, 1.82) is 0 Å². The Bertz CT molecular complexity index is 1060. The summed E-state index contributed by atoms with van der Waals surface area (Å²) in [6.45, 7) is 6.62.